The number of hydrogen-bond donors (Lipinski definition) is 1. The van der Waals surface area contributed by atoms with Crippen molar-refractivity contribution in [3.63, 3.8) is 0 Å². The van der Waals surface area contributed by atoms with Gasteiger partial charge >= 0.3 is 6.09 Å². The number of rotatable bonds is 4. The van der Waals surface area contributed by atoms with Gasteiger partial charge in [-0.1, -0.05) is 11.6 Å². The second kappa shape index (κ2) is 7.31. The molecule has 0 saturated heterocycles. The first-order chi connectivity index (χ1) is 9.60. The maximum Gasteiger partial charge on any atom is 0.411 e. The Bertz CT molecular complexity index is 618. The zero-order valence-corrected chi connectivity index (χ0v) is 14.1. The summed E-state index contributed by atoms with van der Waals surface area (Å²) in [6.07, 6.45) is -0.548. The minimum Gasteiger partial charge on any atom is -0.448 e. The van der Waals surface area contributed by atoms with Gasteiger partial charge in [-0.3, -0.25) is 5.32 Å². The highest BCUT2D eigenvalue weighted by molar-refractivity contribution is 9.10. The van der Waals surface area contributed by atoms with E-state index < -0.39 is 6.09 Å². The van der Waals surface area contributed by atoms with E-state index in [0.29, 0.717) is 10.7 Å². The van der Waals surface area contributed by atoms with Crippen molar-refractivity contribution in [3.8, 4) is 10.4 Å². The number of anilines is 1. The second-order valence-electron chi connectivity index (χ2n) is 3.77. The van der Waals surface area contributed by atoms with Crippen molar-refractivity contribution in [2.75, 3.05) is 17.8 Å². The van der Waals surface area contributed by atoms with Crippen LogP contribution in [0.4, 0.5) is 10.5 Å². The molecule has 1 heterocycles. The molecule has 0 aliphatic heterocycles. The van der Waals surface area contributed by atoms with Crippen molar-refractivity contribution in [2.24, 2.45) is 0 Å². The van der Waals surface area contributed by atoms with Crippen molar-refractivity contribution in [2.45, 2.75) is 0 Å². The molecule has 1 N–H and O–H groups in total. The van der Waals surface area contributed by atoms with E-state index in [-0.39, 0.29) is 12.5 Å². The number of carbonyl (C=O) groups is 1. The van der Waals surface area contributed by atoms with E-state index in [1.165, 1.54) is 0 Å². The highest BCUT2D eigenvalue weighted by Crippen LogP contribution is 2.35. The third-order valence-electron chi connectivity index (χ3n) is 2.36. The lowest BCUT2D eigenvalue weighted by Gasteiger charge is -2.08. The minimum absolute atomic E-state index is 0.169. The highest BCUT2D eigenvalue weighted by atomic mass is 79.9. The molecule has 0 aliphatic carbocycles. The fourth-order valence-corrected chi connectivity index (χ4v) is 3.42. The SMILES string of the molecule is O=C(Nc1ccc(-c2cc(Br)cs2)c(Cl)c1)OCCCl. The lowest BCUT2D eigenvalue weighted by molar-refractivity contribution is 0.168. The molecule has 0 radical (unpaired) electrons. The van der Waals surface area contributed by atoms with E-state index in [2.05, 4.69) is 21.2 Å². The zero-order valence-electron chi connectivity index (χ0n) is 10.2. The Kier molecular flexibility index (Phi) is 5.72. The van der Waals surface area contributed by atoms with Gasteiger partial charge in [0, 0.05) is 26.0 Å². The van der Waals surface area contributed by atoms with Gasteiger partial charge in [-0.05, 0) is 40.2 Å². The number of ether oxygens (including phenoxy) is 1. The molecule has 3 nitrogen and oxygen atoms in total. The van der Waals surface area contributed by atoms with Crippen molar-refractivity contribution < 1.29 is 9.53 Å². The van der Waals surface area contributed by atoms with Gasteiger partial charge in [0.2, 0.25) is 0 Å². The Morgan fingerprint density at radius 2 is 2.20 bits per heavy atom. The summed E-state index contributed by atoms with van der Waals surface area (Å²) in [5, 5.41) is 5.14. The van der Waals surface area contributed by atoms with Crippen LogP contribution in [0.3, 0.4) is 0 Å². The van der Waals surface area contributed by atoms with Gasteiger partial charge < -0.3 is 4.74 Å². The van der Waals surface area contributed by atoms with E-state index in [1.54, 1.807) is 23.5 Å². The van der Waals surface area contributed by atoms with Crippen LogP contribution in [0.15, 0.2) is 34.1 Å². The van der Waals surface area contributed by atoms with Crippen LogP contribution in [0.2, 0.25) is 5.02 Å². The van der Waals surface area contributed by atoms with Crippen LogP contribution >= 0.6 is 50.5 Å². The van der Waals surface area contributed by atoms with E-state index in [0.717, 1.165) is 14.9 Å². The average molecular weight is 395 g/mol. The van der Waals surface area contributed by atoms with Crippen LogP contribution in [0.5, 0.6) is 0 Å². The molecule has 0 aliphatic rings. The predicted molar refractivity (Wildman–Crippen MR) is 88.2 cm³/mol. The molecule has 0 bridgehead atoms. The second-order valence-corrected chi connectivity index (χ2v) is 6.39. The fraction of sp³-hybridized carbons (Fsp3) is 0.154. The number of hydrogen-bond acceptors (Lipinski definition) is 3. The van der Waals surface area contributed by atoms with Crippen LogP contribution in [-0.2, 0) is 4.74 Å². The Hall–Kier alpha value is -0.750. The number of amides is 1. The smallest absolute Gasteiger partial charge is 0.411 e. The summed E-state index contributed by atoms with van der Waals surface area (Å²) in [6.45, 7) is 0.169. The molecule has 106 valence electrons. The number of thiophene rings is 1. The molecule has 1 amide bonds. The number of nitrogens with one attached hydrogen (secondary N) is 1. The van der Waals surface area contributed by atoms with Crippen molar-refractivity contribution in [3.05, 3.63) is 39.1 Å². The Balaban J connectivity index is 2.12. The first kappa shape index (κ1) is 15.6. The van der Waals surface area contributed by atoms with Gasteiger partial charge in [0.1, 0.15) is 6.61 Å². The number of halogens is 3. The summed E-state index contributed by atoms with van der Waals surface area (Å²) in [5.41, 5.74) is 1.50. The standard InChI is InChI=1S/C13H10BrCl2NO2S/c14-8-5-12(20-7-8)10-2-1-9(6-11(10)16)17-13(18)19-4-3-15/h1-2,5-7H,3-4H2,(H,17,18). The third kappa shape index (κ3) is 4.12. The van der Waals surface area contributed by atoms with Crippen molar-refractivity contribution in [1.82, 2.24) is 0 Å². The van der Waals surface area contributed by atoms with Crippen LogP contribution in [0.25, 0.3) is 10.4 Å². The van der Waals surface area contributed by atoms with E-state index in [1.807, 2.05) is 17.5 Å². The first-order valence-corrected chi connectivity index (χ1v) is 8.22. The zero-order chi connectivity index (χ0) is 14.5. The summed E-state index contributed by atoms with van der Waals surface area (Å²) in [6, 6.07) is 7.31. The predicted octanol–water partition coefficient (Wildman–Crippen LogP) is 5.62. The average Bonchev–Trinajstić information content (AvgIpc) is 2.83. The summed E-state index contributed by atoms with van der Waals surface area (Å²) < 4.78 is 5.84. The monoisotopic (exact) mass is 393 g/mol. The fourth-order valence-electron chi connectivity index (χ4n) is 1.53. The van der Waals surface area contributed by atoms with Gasteiger partial charge in [-0.15, -0.1) is 22.9 Å². The van der Waals surface area contributed by atoms with Gasteiger partial charge in [-0.2, -0.15) is 0 Å². The maximum atomic E-state index is 11.4. The molecule has 0 fully saturated rings. The topological polar surface area (TPSA) is 38.3 Å². The first-order valence-electron chi connectivity index (χ1n) is 5.64. The van der Waals surface area contributed by atoms with E-state index in [9.17, 15) is 4.79 Å². The Labute approximate surface area is 139 Å². The lowest BCUT2D eigenvalue weighted by Crippen LogP contribution is -2.14. The van der Waals surface area contributed by atoms with Crippen LogP contribution in [0, 0.1) is 0 Å². The third-order valence-corrected chi connectivity index (χ3v) is 4.55. The maximum absolute atomic E-state index is 11.4. The largest absolute Gasteiger partial charge is 0.448 e. The molecule has 1 aromatic carbocycles. The van der Waals surface area contributed by atoms with E-state index >= 15 is 0 Å². The Morgan fingerprint density at radius 1 is 1.40 bits per heavy atom. The molecule has 0 unspecified atom stereocenters. The number of alkyl halides is 1. The summed E-state index contributed by atoms with van der Waals surface area (Å²) in [7, 11) is 0. The Morgan fingerprint density at radius 3 is 2.80 bits per heavy atom. The van der Waals surface area contributed by atoms with Gasteiger partial charge in [0.05, 0.1) is 10.9 Å². The normalized spacial score (nSPS) is 10.3. The molecule has 0 saturated carbocycles. The van der Waals surface area contributed by atoms with E-state index in [4.69, 9.17) is 27.9 Å². The van der Waals surface area contributed by atoms with Crippen LogP contribution in [-0.4, -0.2) is 18.6 Å². The molecule has 0 spiro atoms. The summed E-state index contributed by atoms with van der Waals surface area (Å²) >= 11 is 16.7. The quantitative estimate of drug-likeness (QED) is 0.683. The minimum atomic E-state index is -0.548. The molecular formula is C13H10BrCl2NO2S. The number of benzene rings is 1. The van der Waals surface area contributed by atoms with Gasteiger partial charge in [0.15, 0.2) is 0 Å². The van der Waals surface area contributed by atoms with Crippen molar-refractivity contribution >= 4 is 62.2 Å². The highest BCUT2D eigenvalue weighted by Gasteiger charge is 2.09. The molecule has 2 aromatic rings. The number of carbonyl (C=O) groups excluding carboxylic acids is 1. The summed E-state index contributed by atoms with van der Waals surface area (Å²) in [4.78, 5) is 12.5. The molecule has 2 rings (SSSR count). The van der Waals surface area contributed by atoms with Gasteiger partial charge in [0.25, 0.3) is 0 Å². The molecular weight excluding hydrogens is 385 g/mol. The molecule has 7 heteroatoms. The van der Waals surface area contributed by atoms with Crippen molar-refractivity contribution in [1.29, 1.82) is 0 Å². The lowest BCUT2D eigenvalue weighted by atomic mass is 10.1. The molecule has 20 heavy (non-hydrogen) atoms. The van der Waals surface area contributed by atoms with Crippen LogP contribution < -0.4 is 5.32 Å². The van der Waals surface area contributed by atoms with Gasteiger partial charge in [-0.25, -0.2) is 4.79 Å². The molecule has 1 aromatic heterocycles. The summed E-state index contributed by atoms with van der Waals surface area (Å²) in [5.74, 6) is 0.264. The van der Waals surface area contributed by atoms with Crippen LogP contribution in [0.1, 0.15) is 0 Å². The molecule has 0 atom stereocenters.